The average molecular weight is 512 g/mol. The molecule has 0 aliphatic carbocycles. The molecule has 0 radical (unpaired) electrons. The lowest BCUT2D eigenvalue weighted by molar-refractivity contribution is 0.0715. The summed E-state index contributed by atoms with van der Waals surface area (Å²) in [5.41, 5.74) is 1.11. The average Bonchev–Trinajstić information content (AvgIpc) is 2.84. The number of carbonyl (C=O) groups is 3. The predicted molar refractivity (Wildman–Crippen MR) is 130 cm³/mol. The maximum absolute atomic E-state index is 12.7. The largest absolute Gasteiger partial charge is 0.515 e. The van der Waals surface area contributed by atoms with E-state index < -0.39 is 28.0 Å². The van der Waals surface area contributed by atoms with E-state index >= 15 is 0 Å². The molecule has 3 aromatic rings. The molecule has 0 aliphatic rings. The van der Waals surface area contributed by atoms with E-state index in [0.29, 0.717) is 13.0 Å². The minimum Gasteiger partial charge on any atom is -0.431 e. The number of rotatable bonds is 9. The number of hydrogen-bond donors (Lipinski definition) is 2. The van der Waals surface area contributed by atoms with Gasteiger partial charge in [0.2, 0.25) is 5.88 Å². The smallest absolute Gasteiger partial charge is 0.431 e. The summed E-state index contributed by atoms with van der Waals surface area (Å²) in [6.07, 6.45) is 0.338. The van der Waals surface area contributed by atoms with Gasteiger partial charge in [-0.15, -0.1) is 0 Å². The molecule has 3 rings (SSSR count). The normalized spacial score (nSPS) is 11.0. The van der Waals surface area contributed by atoms with Gasteiger partial charge in [-0.05, 0) is 50.1 Å². The molecule has 2 amide bonds. The van der Waals surface area contributed by atoms with E-state index in [1.807, 2.05) is 35.1 Å². The van der Waals surface area contributed by atoms with E-state index in [4.69, 9.17) is 9.47 Å². The lowest BCUT2D eigenvalue weighted by atomic mass is 10.1. The molecule has 0 spiro atoms. The number of nitrogens with one attached hydrogen (secondary N) is 2. The fourth-order valence-electron chi connectivity index (χ4n) is 2.99. The van der Waals surface area contributed by atoms with Crippen molar-refractivity contribution in [1.29, 1.82) is 0 Å². The Morgan fingerprint density at radius 1 is 0.917 bits per heavy atom. The Hall–Kier alpha value is -4.25. The molecule has 0 fully saturated rings. The van der Waals surface area contributed by atoms with Crippen LogP contribution in [-0.4, -0.2) is 44.0 Å². The van der Waals surface area contributed by atoms with E-state index in [1.165, 1.54) is 36.4 Å². The number of amides is 2. The van der Waals surface area contributed by atoms with Crippen molar-refractivity contribution in [3.05, 3.63) is 89.6 Å². The Kier molecular flexibility index (Phi) is 8.74. The first-order valence-electron chi connectivity index (χ1n) is 11.0. The number of benzene rings is 2. The third-order valence-electron chi connectivity index (χ3n) is 4.69. The first-order valence-corrected chi connectivity index (χ1v) is 12.5. The van der Waals surface area contributed by atoms with Crippen molar-refractivity contribution in [3.8, 4) is 5.88 Å². The zero-order valence-corrected chi connectivity index (χ0v) is 20.4. The SMILES string of the molecule is CC(C)OC(=O)Oc1ccc(C(=O)NS(=O)(=O)c2cccc(C(=O)NCCc3ccccc3)c2)cn1. The molecule has 0 bridgehead atoms. The Bertz CT molecular complexity index is 1330. The van der Waals surface area contributed by atoms with Crippen molar-refractivity contribution < 1.29 is 32.3 Å². The molecule has 36 heavy (non-hydrogen) atoms. The molecule has 2 aromatic carbocycles. The van der Waals surface area contributed by atoms with Gasteiger partial charge >= 0.3 is 6.16 Å². The van der Waals surface area contributed by atoms with E-state index in [9.17, 15) is 22.8 Å². The second-order valence-electron chi connectivity index (χ2n) is 7.86. The number of carbonyl (C=O) groups excluding carboxylic acids is 3. The summed E-state index contributed by atoms with van der Waals surface area (Å²) in [5.74, 6) is -1.51. The monoisotopic (exact) mass is 511 g/mol. The third kappa shape index (κ3) is 7.64. The summed E-state index contributed by atoms with van der Waals surface area (Å²) in [5, 5.41) is 2.75. The fraction of sp³-hybridized carbons (Fsp3) is 0.200. The minimum atomic E-state index is -4.28. The molecule has 0 aliphatic heterocycles. The van der Waals surface area contributed by atoms with E-state index in [1.54, 1.807) is 13.8 Å². The summed E-state index contributed by atoms with van der Waals surface area (Å²) >= 11 is 0. The highest BCUT2D eigenvalue weighted by Crippen LogP contribution is 2.14. The highest BCUT2D eigenvalue weighted by atomic mass is 32.2. The quantitative estimate of drug-likeness (QED) is 0.418. The van der Waals surface area contributed by atoms with Crippen molar-refractivity contribution in [2.45, 2.75) is 31.3 Å². The molecule has 1 heterocycles. The summed E-state index contributed by atoms with van der Waals surface area (Å²) in [7, 11) is -4.28. The van der Waals surface area contributed by atoms with Crippen molar-refractivity contribution in [1.82, 2.24) is 15.0 Å². The molecule has 0 unspecified atom stereocenters. The van der Waals surface area contributed by atoms with Crippen LogP contribution in [-0.2, 0) is 21.2 Å². The summed E-state index contributed by atoms with van der Waals surface area (Å²) in [6.45, 7) is 3.67. The molecule has 0 atom stereocenters. The Labute approximate surface area is 208 Å². The zero-order chi connectivity index (χ0) is 26.1. The number of hydrogen-bond acceptors (Lipinski definition) is 8. The Balaban J connectivity index is 1.61. The maximum Gasteiger partial charge on any atom is 0.515 e. The van der Waals surface area contributed by atoms with Crippen LogP contribution >= 0.6 is 0 Å². The summed E-state index contributed by atoms with van der Waals surface area (Å²) < 4.78 is 37.1. The lowest BCUT2D eigenvalue weighted by Gasteiger charge is -2.10. The number of sulfonamides is 1. The van der Waals surface area contributed by atoms with Crippen molar-refractivity contribution in [2.75, 3.05) is 6.54 Å². The minimum absolute atomic E-state index is 0.0852. The number of nitrogens with zero attached hydrogens (tertiary/aromatic N) is 1. The third-order valence-corrected chi connectivity index (χ3v) is 6.02. The van der Waals surface area contributed by atoms with Crippen LogP contribution in [0.3, 0.4) is 0 Å². The van der Waals surface area contributed by atoms with Crippen LogP contribution in [0, 0.1) is 0 Å². The highest BCUT2D eigenvalue weighted by Gasteiger charge is 2.21. The van der Waals surface area contributed by atoms with Gasteiger partial charge in [0.25, 0.3) is 21.8 Å². The van der Waals surface area contributed by atoms with Gasteiger partial charge in [0.15, 0.2) is 0 Å². The van der Waals surface area contributed by atoms with E-state index in [0.717, 1.165) is 11.8 Å². The molecular formula is C25H25N3O7S. The number of pyridine rings is 1. The first kappa shape index (κ1) is 26.4. The van der Waals surface area contributed by atoms with E-state index in [2.05, 4.69) is 10.3 Å². The molecule has 11 heteroatoms. The Morgan fingerprint density at radius 2 is 1.67 bits per heavy atom. The molecule has 2 N–H and O–H groups in total. The van der Waals surface area contributed by atoms with Gasteiger partial charge < -0.3 is 14.8 Å². The first-order chi connectivity index (χ1) is 17.1. The van der Waals surface area contributed by atoms with Gasteiger partial charge in [-0.1, -0.05) is 36.4 Å². The topological polar surface area (TPSA) is 141 Å². The predicted octanol–water partition coefficient (Wildman–Crippen LogP) is 3.10. The number of ether oxygens (including phenoxy) is 2. The van der Waals surface area contributed by atoms with Gasteiger partial charge in [0.05, 0.1) is 16.6 Å². The molecule has 0 saturated heterocycles. The zero-order valence-electron chi connectivity index (χ0n) is 19.6. The van der Waals surface area contributed by atoms with E-state index in [-0.39, 0.29) is 28.0 Å². The summed E-state index contributed by atoms with van der Waals surface area (Å²) in [4.78, 5) is 40.0. The van der Waals surface area contributed by atoms with Crippen LogP contribution in [0.1, 0.15) is 40.1 Å². The molecule has 0 saturated carbocycles. The van der Waals surface area contributed by atoms with Crippen LogP contribution in [0.4, 0.5) is 4.79 Å². The molecule has 1 aromatic heterocycles. The van der Waals surface area contributed by atoms with Crippen LogP contribution in [0.25, 0.3) is 0 Å². The highest BCUT2D eigenvalue weighted by molar-refractivity contribution is 7.90. The second-order valence-corrected chi connectivity index (χ2v) is 9.54. The van der Waals surface area contributed by atoms with Crippen LogP contribution in [0.5, 0.6) is 5.88 Å². The lowest BCUT2D eigenvalue weighted by Crippen LogP contribution is -2.31. The van der Waals surface area contributed by atoms with Crippen molar-refractivity contribution in [2.24, 2.45) is 0 Å². The van der Waals surface area contributed by atoms with Crippen molar-refractivity contribution >= 4 is 28.0 Å². The maximum atomic E-state index is 12.7. The number of aromatic nitrogens is 1. The fourth-order valence-corrected chi connectivity index (χ4v) is 4.01. The van der Waals surface area contributed by atoms with Crippen LogP contribution in [0.15, 0.2) is 77.8 Å². The van der Waals surface area contributed by atoms with Gasteiger partial charge in [0, 0.05) is 24.4 Å². The molecule has 10 nitrogen and oxygen atoms in total. The molecular weight excluding hydrogens is 486 g/mol. The van der Waals surface area contributed by atoms with Gasteiger partial charge in [0.1, 0.15) is 0 Å². The standard InChI is InChI=1S/C25H25N3O7S/c1-17(2)34-25(31)35-22-12-11-20(16-27-22)24(30)28-36(32,33)21-10-6-9-19(15-21)23(29)26-14-13-18-7-4-3-5-8-18/h3-12,15-17H,13-14H2,1-2H3,(H,26,29)(H,28,30). The van der Waals surface area contributed by atoms with Crippen LogP contribution < -0.4 is 14.8 Å². The van der Waals surface area contributed by atoms with Gasteiger partial charge in [-0.2, -0.15) is 0 Å². The van der Waals surface area contributed by atoms with Crippen LogP contribution in [0.2, 0.25) is 0 Å². The van der Waals surface area contributed by atoms with Crippen molar-refractivity contribution in [3.63, 3.8) is 0 Å². The second kappa shape index (κ2) is 11.9. The van der Waals surface area contributed by atoms with Gasteiger partial charge in [-0.25, -0.2) is 22.9 Å². The molecule has 188 valence electrons. The Morgan fingerprint density at radius 3 is 2.33 bits per heavy atom. The van der Waals surface area contributed by atoms with Gasteiger partial charge in [-0.3, -0.25) is 9.59 Å². The summed E-state index contributed by atoms with van der Waals surface area (Å²) in [6, 6.07) is 17.4.